The number of anilines is 1. The fourth-order valence-corrected chi connectivity index (χ4v) is 2.51. The highest BCUT2D eigenvalue weighted by Crippen LogP contribution is 2.29. The Balaban J connectivity index is 2.21. The summed E-state index contributed by atoms with van der Waals surface area (Å²) in [4.78, 5) is 22.7. The lowest BCUT2D eigenvalue weighted by Gasteiger charge is -2.07. The van der Waals surface area contributed by atoms with Gasteiger partial charge in [-0.2, -0.15) is 5.10 Å². The van der Waals surface area contributed by atoms with E-state index >= 15 is 0 Å². The molecule has 0 atom stereocenters. The molecule has 0 saturated heterocycles. The number of amides is 1. The van der Waals surface area contributed by atoms with Gasteiger partial charge in [-0.3, -0.25) is 10.1 Å². The van der Waals surface area contributed by atoms with Gasteiger partial charge >= 0.3 is 6.09 Å². The van der Waals surface area contributed by atoms with Gasteiger partial charge in [0.1, 0.15) is 5.82 Å². The van der Waals surface area contributed by atoms with Crippen LogP contribution in [-0.2, 0) is 7.05 Å². The van der Waals surface area contributed by atoms with Crippen molar-refractivity contribution in [1.29, 1.82) is 0 Å². The van der Waals surface area contributed by atoms with E-state index in [2.05, 4.69) is 10.4 Å². The van der Waals surface area contributed by atoms with E-state index in [-0.39, 0.29) is 5.56 Å². The molecule has 2 N–H and O–H groups in total. The summed E-state index contributed by atoms with van der Waals surface area (Å²) in [5.41, 5.74) is 2.64. The van der Waals surface area contributed by atoms with Gasteiger partial charge in [0.2, 0.25) is 5.56 Å². The maximum absolute atomic E-state index is 11.6. The highest BCUT2D eigenvalue weighted by molar-refractivity contribution is 5.85. The Morgan fingerprint density at radius 1 is 1.17 bits per heavy atom. The molecule has 1 amide bonds. The van der Waals surface area contributed by atoms with Crippen LogP contribution in [0.3, 0.4) is 0 Å². The maximum atomic E-state index is 11.6. The van der Waals surface area contributed by atoms with Crippen LogP contribution in [0, 0.1) is 6.92 Å². The summed E-state index contributed by atoms with van der Waals surface area (Å²) in [6.45, 7) is 1.79. The lowest BCUT2D eigenvalue weighted by atomic mass is 10.1. The van der Waals surface area contributed by atoms with Crippen molar-refractivity contribution in [1.82, 2.24) is 14.3 Å². The number of carboxylic acid groups (broad SMARTS) is 1. The van der Waals surface area contributed by atoms with Crippen LogP contribution < -0.4 is 10.9 Å². The highest BCUT2D eigenvalue weighted by Gasteiger charge is 2.19. The number of hydrogen-bond acceptors (Lipinski definition) is 3. The number of nitrogens with zero attached hydrogens (tertiary/aromatic N) is 3. The predicted molar refractivity (Wildman–Crippen MR) is 90.6 cm³/mol. The molecular formula is C17H16N4O3. The van der Waals surface area contributed by atoms with Crippen LogP contribution in [0.4, 0.5) is 10.6 Å². The molecule has 24 heavy (non-hydrogen) atoms. The zero-order chi connectivity index (χ0) is 17.3. The topological polar surface area (TPSA) is 89.2 Å². The molecule has 0 unspecified atom stereocenters. The molecule has 1 aromatic carbocycles. The predicted octanol–water partition coefficient (Wildman–Crippen LogP) is 2.64. The summed E-state index contributed by atoms with van der Waals surface area (Å²) in [7, 11) is 1.66. The minimum Gasteiger partial charge on any atom is -0.465 e. The number of aryl methyl sites for hydroxylation is 1. The lowest BCUT2D eigenvalue weighted by molar-refractivity contribution is 0.209. The molecular weight excluding hydrogens is 308 g/mol. The van der Waals surface area contributed by atoms with Gasteiger partial charge in [-0.15, -0.1) is 0 Å². The summed E-state index contributed by atoms with van der Waals surface area (Å²) >= 11 is 0. The van der Waals surface area contributed by atoms with Crippen molar-refractivity contribution in [2.45, 2.75) is 6.92 Å². The van der Waals surface area contributed by atoms with Crippen LogP contribution in [0.25, 0.3) is 16.9 Å². The smallest absolute Gasteiger partial charge is 0.410 e. The van der Waals surface area contributed by atoms with Gasteiger partial charge in [0, 0.05) is 30.4 Å². The number of benzene rings is 1. The van der Waals surface area contributed by atoms with Crippen molar-refractivity contribution >= 4 is 11.9 Å². The summed E-state index contributed by atoms with van der Waals surface area (Å²) in [6, 6.07) is 12.4. The van der Waals surface area contributed by atoms with Gasteiger partial charge in [-0.05, 0) is 25.1 Å². The molecule has 0 bridgehead atoms. The van der Waals surface area contributed by atoms with E-state index in [0.29, 0.717) is 17.1 Å². The van der Waals surface area contributed by atoms with Crippen LogP contribution in [0.2, 0.25) is 0 Å². The van der Waals surface area contributed by atoms with E-state index in [1.807, 2.05) is 30.3 Å². The number of rotatable bonds is 3. The minimum atomic E-state index is -1.16. The largest absolute Gasteiger partial charge is 0.465 e. The van der Waals surface area contributed by atoms with Crippen molar-refractivity contribution in [2.75, 3.05) is 5.32 Å². The van der Waals surface area contributed by atoms with E-state index in [1.54, 1.807) is 30.9 Å². The second-order valence-corrected chi connectivity index (χ2v) is 5.37. The summed E-state index contributed by atoms with van der Waals surface area (Å²) in [5, 5.41) is 16.1. The third-order valence-corrected chi connectivity index (χ3v) is 3.71. The standard InChI is InChI=1S/C17H16N4O3/c1-11-15(12-8-9-14(22)20(2)10-12)19-21(16(11)18-17(23)24)13-6-4-3-5-7-13/h3-10,18H,1-2H3,(H,23,24). The molecule has 7 heteroatoms. The summed E-state index contributed by atoms with van der Waals surface area (Å²) in [6.07, 6.45) is 0.513. The molecule has 2 heterocycles. The maximum Gasteiger partial charge on any atom is 0.410 e. The highest BCUT2D eigenvalue weighted by atomic mass is 16.4. The lowest BCUT2D eigenvalue weighted by Crippen LogP contribution is -2.14. The summed E-state index contributed by atoms with van der Waals surface area (Å²) < 4.78 is 3.00. The van der Waals surface area contributed by atoms with Gasteiger partial charge in [-0.25, -0.2) is 9.48 Å². The van der Waals surface area contributed by atoms with E-state index in [9.17, 15) is 9.59 Å². The average Bonchev–Trinajstić information content (AvgIpc) is 2.87. The SMILES string of the molecule is Cc1c(-c2ccc(=O)n(C)c2)nn(-c2ccccc2)c1NC(=O)O. The van der Waals surface area contributed by atoms with Gasteiger partial charge in [0.15, 0.2) is 0 Å². The van der Waals surface area contributed by atoms with Crippen molar-refractivity contribution in [3.63, 3.8) is 0 Å². The van der Waals surface area contributed by atoms with Crippen LogP contribution in [0.5, 0.6) is 0 Å². The zero-order valence-electron chi connectivity index (χ0n) is 13.2. The van der Waals surface area contributed by atoms with E-state index in [1.165, 1.54) is 10.6 Å². The van der Waals surface area contributed by atoms with E-state index < -0.39 is 6.09 Å². The van der Waals surface area contributed by atoms with Crippen LogP contribution in [0.1, 0.15) is 5.56 Å². The number of pyridine rings is 1. The molecule has 0 aliphatic carbocycles. The van der Waals surface area contributed by atoms with Gasteiger partial charge in [0.05, 0.1) is 11.4 Å². The minimum absolute atomic E-state index is 0.122. The Bertz CT molecular complexity index is 958. The number of nitrogens with one attached hydrogen (secondary N) is 1. The Hall–Kier alpha value is -3.35. The van der Waals surface area contributed by atoms with Gasteiger partial charge in [0.25, 0.3) is 0 Å². The molecule has 2 aromatic heterocycles. The molecule has 122 valence electrons. The average molecular weight is 324 g/mol. The van der Waals surface area contributed by atoms with Gasteiger partial charge in [-0.1, -0.05) is 18.2 Å². The Labute approximate surface area is 137 Å². The first-order valence-electron chi connectivity index (χ1n) is 7.29. The number of hydrogen-bond donors (Lipinski definition) is 2. The molecule has 0 saturated carbocycles. The van der Waals surface area contributed by atoms with Crippen LogP contribution in [-0.4, -0.2) is 25.5 Å². The second-order valence-electron chi connectivity index (χ2n) is 5.37. The van der Waals surface area contributed by atoms with Crippen molar-refractivity contribution in [3.05, 3.63) is 64.6 Å². The first kappa shape index (κ1) is 15.5. The van der Waals surface area contributed by atoms with Gasteiger partial charge < -0.3 is 9.67 Å². The van der Waals surface area contributed by atoms with Crippen molar-refractivity contribution in [3.8, 4) is 16.9 Å². The molecule has 0 aliphatic rings. The molecule has 0 radical (unpaired) electrons. The molecule has 7 nitrogen and oxygen atoms in total. The quantitative estimate of drug-likeness (QED) is 0.775. The summed E-state index contributed by atoms with van der Waals surface area (Å²) in [5.74, 6) is 0.373. The third kappa shape index (κ3) is 2.79. The fraction of sp³-hybridized carbons (Fsp3) is 0.118. The van der Waals surface area contributed by atoms with Crippen LogP contribution >= 0.6 is 0 Å². The molecule has 3 aromatic rings. The van der Waals surface area contributed by atoms with E-state index in [0.717, 1.165) is 11.3 Å². The molecule has 0 aliphatic heterocycles. The number of aromatic nitrogens is 3. The van der Waals surface area contributed by atoms with Crippen LogP contribution in [0.15, 0.2) is 53.5 Å². The van der Waals surface area contributed by atoms with Crippen molar-refractivity contribution < 1.29 is 9.90 Å². The Morgan fingerprint density at radius 2 is 1.88 bits per heavy atom. The Morgan fingerprint density at radius 3 is 2.50 bits per heavy atom. The molecule has 3 rings (SSSR count). The second kappa shape index (κ2) is 6.04. The van der Waals surface area contributed by atoms with Crippen molar-refractivity contribution in [2.24, 2.45) is 7.05 Å². The number of para-hydroxylation sites is 1. The monoisotopic (exact) mass is 324 g/mol. The molecule has 0 spiro atoms. The van der Waals surface area contributed by atoms with E-state index in [4.69, 9.17) is 5.11 Å². The number of carbonyl (C=O) groups is 1. The third-order valence-electron chi connectivity index (χ3n) is 3.71. The first-order valence-corrected chi connectivity index (χ1v) is 7.29. The first-order chi connectivity index (χ1) is 11.5. The fourth-order valence-electron chi connectivity index (χ4n) is 2.51. The zero-order valence-corrected chi connectivity index (χ0v) is 13.2. The normalized spacial score (nSPS) is 10.6. The Kier molecular flexibility index (Phi) is 3.91. The molecule has 0 fully saturated rings.